The zero-order valence-electron chi connectivity index (χ0n) is 18.9. The lowest BCUT2D eigenvalue weighted by molar-refractivity contribution is -0.394. The number of ether oxygens (including phenoxy) is 1. The number of nitrogens with zero attached hydrogens (tertiary/aromatic N) is 3. The van der Waals surface area contributed by atoms with E-state index in [9.17, 15) is 44.7 Å². The van der Waals surface area contributed by atoms with Gasteiger partial charge in [-0.3, -0.25) is 39.9 Å². The fraction of sp³-hybridized carbons (Fsp3) is 0.0952. The molecule has 2 N–H and O–H groups in total. The van der Waals surface area contributed by atoms with Crippen molar-refractivity contribution in [1.82, 2.24) is 0 Å². The van der Waals surface area contributed by atoms with E-state index in [1.165, 1.54) is 25.1 Å². The molecule has 37 heavy (non-hydrogen) atoms. The summed E-state index contributed by atoms with van der Waals surface area (Å²) in [5, 5.41) is 37.9. The summed E-state index contributed by atoms with van der Waals surface area (Å²) in [6.45, 7) is 1.40. The van der Waals surface area contributed by atoms with Gasteiger partial charge in [0.15, 0.2) is 0 Å². The molecule has 16 heteroatoms. The Kier molecular flexibility index (Phi) is 7.53. The highest BCUT2D eigenvalue weighted by molar-refractivity contribution is 7.19. The standard InChI is InChI=1S/C21H15N5O10S/c1-10-16(21(29)36-2)20(23-18(27)11-6-14(25(32)33)9-15(7-11)26(34)35)37-17(10)19(28)22-12-4-3-5-13(8-12)24(30)31/h3-9H,1-2H3,(H,22,28)(H,23,27). The molecule has 0 bridgehead atoms. The van der Waals surface area contributed by atoms with Gasteiger partial charge in [0.25, 0.3) is 28.9 Å². The molecular formula is C21H15N5O10S. The van der Waals surface area contributed by atoms with Crippen molar-refractivity contribution in [2.45, 2.75) is 6.92 Å². The summed E-state index contributed by atoms with van der Waals surface area (Å²) in [6, 6.07) is 7.44. The van der Waals surface area contributed by atoms with Crippen LogP contribution in [0, 0.1) is 37.3 Å². The highest BCUT2D eigenvalue weighted by Gasteiger charge is 2.28. The Bertz CT molecular complexity index is 1450. The predicted molar refractivity (Wildman–Crippen MR) is 129 cm³/mol. The van der Waals surface area contributed by atoms with Crippen LogP contribution in [0.4, 0.5) is 27.8 Å². The second-order valence-corrected chi connectivity index (χ2v) is 8.24. The van der Waals surface area contributed by atoms with Crippen molar-refractivity contribution < 1.29 is 33.9 Å². The number of nitrogens with one attached hydrogen (secondary N) is 2. The van der Waals surface area contributed by atoms with E-state index in [1.807, 2.05) is 0 Å². The first-order valence-electron chi connectivity index (χ1n) is 9.95. The summed E-state index contributed by atoms with van der Waals surface area (Å²) in [7, 11) is 1.07. The summed E-state index contributed by atoms with van der Waals surface area (Å²) in [4.78, 5) is 68.9. The van der Waals surface area contributed by atoms with Gasteiger partial charge in [-0.05, 0) is 18.6 Å². The number of esters is 1. The summed E-state index contributed by atoms with van der Waals surface area (Å²) in [5.41, 5.74) is -2.09. The lowest BCUT2D eigenvalue weighted by atomic mass is 10.1. The molecule has 0 aliphatic carbocycles. The number of non-ortho nitro benzene ring substituents is 3. The van der Waals surface area contributed by atoms with Crippen molar-refractivity contribution in [2.24, 2.45) is 0 Å². The number of hydrogen-bond acceptors (Lipinski definition) is 11. The van der Waals surface area contributed by atoms with Crippen LogP contribution in [0.25, 0.3) is 0 Å². The van der Waals surface area contributed by atoms with E-state index >= 15 is 0 Å². The third-order valence-corrected chi connectivity index (χ3v) is 6.08. The van der Waals surface area contributed by atoms with Gasteiger partial charge in [0.2, 0.25) is 0 Å². The first-order chi connectivity index (χ1) is 17.4. The molecule has 3 aromatic rings. The Morgan fingerprint density at radius 3 is 1.97 bits per heavy atom. The van der Waals surface area contributed by atoms with Crippen LogP contribution >= 0.6 is 11.3 Å². The van der Waals surface area contributed by atoms with Crippen molar-refractivity contribution in [3.63, 3.8) is 0 Å². The lowest BCUT2D eigenvalue weighted by Gasteiger charge is -2.06. The van der Waals surface area contributed by atoms with Crippen LogP contribution in [0.15, 0.2) is 42.5 Å². The fourth-order valence-electron chi connectivity index (χ4n) is 3.16. The van der Waals surface area contributed by atoms with Crippen molar-refractivity contribution in [2.75, 3.05) is 17.7 Å². The SMILES string of the molecule is COC(=O)c1c(NC(=O)c2cc([N+](=O)[O-])cc([N+](=O)[O-])c2)sc(C(=O)Nc2cccc([N+](=O)[O-])c2)c1C. The number of nitro groups is 3. The maximum Gasteiger partial charge on any atom is 0.341 e. The number of methoxy groups -OCH3 is 1. The molecule has 2 amide bonds. The van der Waals surface area contributed by atoms with E-state index in [0.717, 1.165) is 25.3 Å². The van der Waals surface area contributed by atoms with E-state index in [1.54, 1.807) is 0 Å². The largest absolute Gasteiger partial charge is 0.465 e. The summed E-state index contributed by atoms with van der Waals surface area (Å²) >= 11 is 0.665. The first kappa shape index (κ1) is 26.4. The Morgan fingerprint density at radius 1 is 0.838 bits per heavy atom. The minimum Gasteiger partial charge on any atom is -0.465 e. The molecule has 0 spiro atoms. The predicted octanol–water partition coefficient (Wildman–Crippen LogP) is 4.07. The monoisotopic (exact) mass is 529 g/mol. The number of nitro benzene ring substituents is 3. The van der Waals surface area contributed by atoms with Crippen LogP contribution < -0.4 is 10.6 Å². The molecule has 0 unspecified atom stereocenters. The molecule has 0 atom stereocenters. The van der Waals surface area contributed by atoms with Gasteiger partial charge in [-0.25, -0.2) is 4.79 Å². The Balaban J connectivity index is 1.99. The van der Waals surface area contributed by atoms with Gasteiger partial charge in [-0.2, -0.15) is 0 Å². The fourth-order valence-corrected chi connectivity index (χ4v) is 4.25. The van der Waals surface area contributed by atoms with Crippen LogP contribution in [0.5, 0.6) is 0 Å². The lowest BCUT2D eigenvalue weighted by Crippen LogP contribution is -2.15. The zero-order chi connectivity index (χ0) is 27.4. The maximum absolute atomic E-state index is 12.9. The van der Waals surface area contributed by atoms with Crippen LogP contribution in [-0.2, 0) is 4.74 Å². The second-order valence-electron chi connectivity index (χ2n) is 7.22. The number of thiophene rings is 1. The van der Waals surface area contributed by atoms with Crippen LogP contribution in [-0.4, -0.2) is 39.7 Å². The number of amides is 2. The van der Waals surface area contributed by atoms with Crippen LogP contribution in [0.3, 0.4) is 0 Å². The smallest absolute Gasteiger partial charge is 0.341 e. The number of carbonyl (C=O) groups is 3. The van der Waals surface area contributed by atoms with E-state index in [2.05, 4.69) is 10.6 Å². The molecule has 0 aliphatic rings. The van der Waals surface area contributed by atoms with Crippen molar-refractivity contribution in [3.8, 4) is 0 Å². The van der Waals surface area contributed by atoms with Crippen molar-refractivity contribution >= 4 is 56.9 Å². The Labute approximate surface area is 210 Å². The number of rotatable bonds is 8. The van der Waals surface area contributed by atoms with Crippen LogP contribution in [0.2, 0.25) is 0 Å². The highest BCUT2D eigenvalue weighted by atomic mass is 32.1. The molecule has 0 aliphatic heterocycles. The quantitative estimate of drug-likeness (QED) is 0.242. The van der Waals surface area contributed by atoms with E-state index in [0.29, 0.717) is 17.4 Å². The highest BCUT2D eigenvalue weighted by Crippen LogP contribution is 2.35. The minimum atomic E-state index is -1.02. The molecule has 0 fully saturated rings. The van der Waals surface area contributed by atoms with Gasteiger partial charge in [0.1, 0.15) is 5.00 Å². The van der Waals surface area contributed by atoms with Gasteiger partial charge in [0, 0.05) is 30.0 Å². The average molecular weight is 529 g/mol. The summed E-state index contributed by atoms with van der Waals surface area (Å²) in [6.07, 6.45) is 0. The molecule has 3 rings (SSSR count). The normalized spacial score (nSPS) is 10.3. The van der Waals surface area contributed by atoms with Gasteiger partial charge >= 0.3 is 5.97 Å². The Morgan fingerprint density at radius 2 is 1.43 bits per heavy atom. The van der Waals surface area contributed by atoms with Crippen LogP contribution in [0.1, 0.15) is 36.0 Å². The van der Waals surface area contributed by atoms with E-state index in [4.69, 9.17) is 4.74 Å². The maximum atomic E-state index is 12.9. The molecule has 190 valence electrons. The third kappa shape index (κ3) is 5.70. The van der Waals surface area contributed by atoms with Gasteiger partial charge in [-0.1, -0.05) is 6.07 Å². The molecule has 15 nitrogen and oxygen atoms in total. The molecule has 1 aromatic heterocycles. The number of anilines is 2. The molecular weight excluding hydrogens is 514 g/mol. The molecule has 0 saturated heterocycles. The average Bonchev–Trinajstić information content (AvgIpc) is 3.18. The van der Waals surface area contributed by atoms with E-state index < -0.39 is 49.5 Å². The van der Waals surface area contributed by atoms with Gasteiger partial charge in [-0.15, -0.1) is 11.3 Å². The van der Waals surface area contributed by atoms with Gasteiger partial charge in [0.05, 0.1) is 44.0 Å². The minimum absolute atomic E-state index is 0.0489. The molecule has 0 saturated carbocycles. The Hall–Kier alpha value is -5.25. The van der Waals surface area contributed by atoms with Gasteiger partial charge < -0.3 is 15.4 Å². The van der Waals surface area contributed by atoms with E-state index in [-0.39, 0.29) is 32.4 Å². The van der Waals surface area contributed by atoms with Crippen molar-refractivity contribution in [1.29, 1.82) is 0 Å². The number of hydrogen-bond donors (Lipinski definition) is 2. The number of carbonyl (C=O) groups excluding carboxylic acids is 3. The summed E-state index contributed by atoms with van der Waals surface area (Å²) < 4.78 is 4.73. The topological polar surface area (TPSA) is 214 Å². The molecule has 0 radical (unpaired) electrons. The third-order valence-electron chi connectivity index (χ3n) is 4.87. The summed E-state index contributed by atoms with van der Waals surface area (Å²) in [5.74, 6) is -2.69. The second kappa shape index (κ2) is 10.6. The first-order valence-corrected chi connectivity index (χ1v) is 10.8. The molecule has 1 heterocycles. The molecule has 2 aromatic carbocycles. The number of benzene rings is 2. The van der Waals surface area contributed by atoms with Crippen molar-refractivity contribution in [3.05, 3.63) is 94.4 Å². The zero-order valence-corrected chi connectivity index (χ0v) is 19.7.